The summed E-state index contributed by atoms with van der Waals surface area (Å²) in [6.45, 7) is 8.60. The van der Waals surface area contributed by atoms with Crippen LogP contribution in [0.4, 0.5) is 0 Å². The van der Waals surface area contributed by atoms with Gasteiger partial charge in [0.1, 0.15) is 0 Å². The van der Waals surface area contributed by atoms with E-state index in [1.54, 1.807) is 32.2 Å². The molecule has 0 aliphatic heterocycles. The summed E-state index contributed by atoms with van der Waals surface area (Å²) in [4.78, 5) is 16.3. The van der Waals surface area contributed by atoms with E-state index in [0.717, 1.165) is 11.1 Å². The van der Waals surface area contributed by atoms with E-state index in [4.69, 9.17) is 0 Å². The molecule has 1 atom stereocenters. The minimum atomic E-state index is -1.14. The number of hydrogen-bond donors (Lipinski definition) is 3. The number of allylic oxidation sites excluding steroid dienone is 3. The number of aromatic nitrogens is 2. The molecule has 0 radical (unpaired) electrons. The van der Waals surface area contributed by atoms with Crippen LogP contribution in [0.15, 0.2) is 59.7 Å². The Morgan fingerprint density at radius 1 is 1.38 bits per heavy atom. The molecule has 6 heteroatoms. The number of rotatable bonds is 7. The van der Waals surface area contributed by atoms with E-state index in [9.17, 15) is 9.90 Å². The SMILES string of the molecule is C=N/C=C\C(=C/C)c1cc(C(=O)NC(c2ccccc2)C(C)(C)O)n[nH]1. The van der Waals surface area contributed by atoms with Crippen molar-refractivity contribution in [3.05, 3.63) is 71.7 Å². The minimum Gasteiger partial charge on any atom is -0.388 e. The van der Waals surface area contributed by atoms with E-state index in [0.29, 0.717) is 5.69 Å². The number of benzene rings is 1. The Balaban J connectivity index is 2.23. The normalized spacial score (nSPS) is 13.6. The second-order valence-corrected chi connectivity index (χ2v) is 6.38. The quantitative estimate of drug-likeness (QED) is 0.528. The van der Waals surface area contributed by atoms with Gasteiger partial charge in [0, 0.05) is 6.20 Å². The average Bonchev–Trinajstić information content (AvgIpc) is 3.10. The zero-order valence-electron chi connectivity index (χ0n) is 15.2. The van der Waals surface area contributed by atoms with Crippen LogP contribution in [0.25, 0.3) is 5.57 Å². The Bertz CT molecular complexity index is 814. The molecule has 0 aliphatic carbocycles. The van der Waals surface area contributed by atoms with Gasteiger partial charge in [0.2, 0.25) is 0 Å². The Hall–Kier alpha value is -2.99. The first kappa shape index (κ1) is 19.3. The van der Waals surface area contributed by atoms with E-state index in [-0.39, 0.29) is 11.6 Å². The molecule has 0 saturated heterocycles. The van der Waals surface area contributed by atoms with Gasteiger partial charge in [-0.15, -0.1) is 0 Å². The molecule has 2 rings (SSSR count). The first-order valence-corrected chi connectivity index (χ1v) is 8.29. The van der Waals surface area contributed by atoms with Crippen LogP contribution in [0.2, 0.25) is 0 Å². The number of nitrogens with one attached hydrogen (secondary N) is 2. The maximum atomic E-state index is 12.6. The molecule has 1 aromatic heterocycles. The van der Waals surface area contributed by atoms with Gasteiger partial charge >= 0.3 is 0 Å². The highest BCUT2D eigenvalue weighted by molar-refractivity contribution is 5.93. The van der Waals surface area contributed by atoms with Crippen molar-refractivity contribution in [3.63, 3.8) is 0 Å². The monoisotopic (exact) mass is 352 g/mol. The second-order valence-electron chi connectivity index (χ2n) is 6.38. The molecule has 0 aliphatic rings. The van der Waals surface area contributed by atoms with E-state index < -0.39 is 11.6 Å². The minimum absolute atomic E-state index is 0.240. The van der Waals surface area contributed by atoms with Crippen LogP contribution in [0.5, 0.6) is 0 Å². The molecule has 2 aromatic rings. The van der Waals surface area contributed by atoms with Gasteiger partial charge in [0.25, 0.3) is 5.91 Å². The maximum absolute atomic E-state index is 12.6. The molecule has 1 heterocycles. The van der Waals surface area contributed by atoms with Gasteiger partial charge in [0.15, 0.2) is 5.69 Å². The van der Waals surface area contributed by atoms with Crippen LogP contribution in [0.1, 0.15) is 48.6 Å². The highest BCUT2D eigenvalue weighted by Crippen LogP contribution is 2.26. The predicted molar refractivity (Wildman–Crippen MR) is 104 cm³/mol. The van der Waals surface area contributed by atoms with E-state index in [2.05, 4.69) is 27.2 Å². The van der Waals surface area contributed by atoms with Crippen LogP contribution in [-0.4, -0.2) is 33.5 Å². The van der Waals surface area contributed by atoms with E-state index >= 15 is 0 Å². The number of carbonyl (C=O) groups excluding carboxylic acids is 1. The van der Waals surface area contributed by atoms with Crippen molar-refractivity contribution in [2.45, 2.75) is 32.4 Å². The van der Waals surface area contributed by atoms with Gasteiger partial charge in [-0.2, -0.15) is 5.10 Å². The van der Waals surface area contributed by atoms with Crippen LogP contribution in [0.3, 0.4) is 0 Å². The first-order valence-electron chi connectivity index (χ1n) is 8.29. The average molecular weight is 352 g/mol. The zero-order valence-corrected chi connectivity index (χ0v) is 15.2. The topological polar surface area (TPSA) is 90.4 Å². The van der Waals surface area contributed by atoms with Crippen LogP contribution < -0.4 is 5.32 Å². The summed E-state index contributed by atoms with van der Waals surface area (Å²) in [6, 6.07) is 10.4. The Kier molecular flexibility index (Phi) is 6.25. The maximum Gasteiger partial charge on any atom is 0.272 e. The standard InChI is InChI=1S/C20H24N4O2/c1-5-14(11-12-21-4)16-13-17(24-23-16)19(25)22-18(20(2,3)26)15-9-7-6-8-10-15/h5-13,18,26H,4H2,1-3H3,(H,22,25)(H,23,24)/b12-11-,14-5+. The zero-order chi connectivity index (χ0) is 19.2. The number of nitrogens with zero attached hydrogens (tertiary/aromatic N) is 2. The Labute approximate surface area is 153 Å². The molecule has 1 unspecified atom stereocenters. The summed E-state index contributed by atoms with van der Waals surface area (Å²) < 4.78 is 0. The number of aromatic amines is 1. The number of carbonyl (C=O) groups is 1. The van der Waals surface area contributed by atoms with Crippen molar-refractivity contribution in [2.24, 2.45) is 4.99 Å². The largest absolute Gasteiger partial charge is 0.388 e. The van der Waals surface area contributed by atoms with Crippen molar-refractivity contribution < 1.29 is 9.90 Å². The molecule has 0 saturated carbocycles. The predicted octanol–water partition coefficient (Wildman–Crippen LogP) is 3.27. The number of hydrogen-bond acceptors (Lipinski definition) is 4. The summed E-state index contributed by atoms with van der Waals surface area (Å²) >= 11 is 0. The van der Waals surface area contributed by atoms with Crippen molar-refractivity contribution in [1.82, 2.24) is 15.5 Å². The van der Waals surface area contributed by atoms with Crippen LogP contribution >= 0.6 is 0 Å². The fourth-order valence-corrected chi connectivity index (χ4v) is 2.58. The van der Waals surface area contributed by atoms with Crippen molar-refractivity contribution in [2.75, 3.05) is 0 Å². The smallest absolute Gasteiger partial charge is 0.272 e. The van der Waals surface area contributed by atoms with E-state index in [1.807, 2.05) is 43.3 Å². The van der Waals surface area contributed by atoms with Crippen LogP contribution in [-0.2, 0) is 0 Å². The van der Waals surface area contributed by atoms with Gasteiger partial charge in [-0.1, -0.05) is 36.4 Å². The van der Waals surface area contributed by atoms with Crippen molar-refractivity contribution >= 4 is 18.2 Å². The highest BCUT2D eigenvalue weighted by atomic mass is 16.3. The van der Waals surface area contributed by atoms with Gasteiger partial charge in [-0.3, -0.25) is 14.9 Å². The molecular weight excluding hydrogens is 328 g/mol. The molecule has 136 valence electrons. The van der Waals surface area contributed by atoms with Crippen LogP contribution in [0, 0.1) is 0 Å². The second kappa shape index (κ2) is 8.40. The molecule has 1 amide bonds. The number of aliphatic imine (C=N–C) groups is 1. The summed E-state index contributed by atoms with van der Waals surface area (Å²) in [5.41, 5.74) is 1.45. The molecule has 3 N–H and O–H groups in total. The van der Waals surface area contributed by atoms with Gasteiger partial charge in [0.05, 0.1) is 17.3 Å². The van der Waals surface area contributed by atoms with Gasteiger partial charge in [-0.25, -0.2) is 0 Å². The Morgan fingerprint density at radius 3 is 2.65 bits per heavy atom. The Morgan fingerprint density at radius 2 is 2.08 bits per heavy atom. The molecule has 0 spiro atoms. The van der Waals surface area contributed by atoms with E-state index in [1.165, 1.54) is 0 Å². The lowest BCUT2D eigenvalue weighted by Crippen LogP contribution is -2.42. The molecule has 1 aromatic carbocycles. The summed E-state index contributed by atoms with van der Waals surface area (Å²) in [5, 5.41) is 20.3. The summed E-state index contributed by atoms with van der Waals surface area (Å²) in [5.74, 6) is -0.371. The fraction of sp³-hybridized carbons (Fsp3) is 0.250. The van der Waals surface area contributed by atoms with Gasteiger partial charge < -0.3 is 10.4 Å². The molecule has 0 bridgehead atoms. The fourth-order valence-electron chi connectivity index (χ4n) is 2.58. The number of H-pyrrole nitrogens is 1. The lowest BCUT2D eigenvalue weighted by atomic mass is 9.92. The summed E-state index contributed by atoms with van der Waals surface area (Å²) in [6.07, 6.45) is 5.21. The highest BCUT2D eigenvalue weighted by Gasteiger charge is 2.30. The third-order valence-corrected chi connectivity index (χ3v) is 3.91. The lowest BCUT2D eigenvalue weighted by Gasteiger charge is -2.30. The number of aliphatic hydroxyl groups is 1. The lowest BCUT2D eigenvalue weighted by molar-refractivity contribution is 0.0342. The third kappa shape index (κ3) is 4.77. The molecule has 0 fully saturated rings. The van der Waals surface area contributed by atoms with Crippen molar-refractivity contribution in [1.29, 1.82) is 0 Å². The van der Waals surface area contributed by atoms with Gasteiger partial charge in [-0.05, 0) is 50.8 Å². The van der Waals surface area contributed by atoms with Crippen molar-refractivity contribution in [3.8, 4) is 0 Å². The molecular formula is C20H24N4O2. The molecule has 26 heavy (non-hydrogen) atoms. The number of amides is 1. The first-order chi connectivity index (χ1) is 12.4. The third-order valence-electron chi connectivity index (χ3n) is 3.91. The molecule has 6 nitrogen and oxygen atoms in total. The summed E-state index contributed by atoms with van der Waals surface area (Å²) in [7, 11) is 0.